The highest BCUT2D eigenvalue weighted by atomic mass is 32.2. The van der Waals surface area contributed by atoms with Gasteiger partial charge in [-0.3, -0.25) is 4.79 Å². The Labute approximate surface area is 160 Å². The minimum Gasteiger partial charge on any atom is -0.548 e. The number of nitrogens with one attached hydrogen (secondary N) is 1. The van der Waals surface area contributed by atoms with Crippen LogP contribution in [0.5, 0.6) is 0 Å². The van der Waals surface area contributed by atoms with Gasteiger partial charge in [0.2, 0.25) is 10.0 Å². The summed E-state index contributed by atoms with van der Waals surface area (Å²) in [5.41, 5.74) is 0.0972. The molecule has 0 radical (unpaired) electrons. The van der Waals surface area contributed by atoms with E-state index in [0.29, 0.717) is 0 Å². The lowest BCUT2D eigenvalue weighted by Gasteiger charge is -2.30. The average Bonchev–Trinajstić information content (AvgIpc) is 2.65. The minimum absolute atomic E-state index is 0.0257. The average molecular weight is 396 g/mol. The molecule has 1 aromatic rings. The predicted molar refractivity (Wildman–Crippen MR) is 99.4 cm³/mol. The number of carbonyl (C=O) groups is 2. The molecule has 8 heteroatoms. The number of hydrogen-bond acceptors (Lipinski definition) is 5. The van der Waals surface area contributed by atoms with Crippen LogP contribution >= 0.6 is 0 Å². The van der Waals surface area contributed by atoms with Crippen LogP contribution in [-0.4, -0.2) is 43.7 Å². The molecule has 0 spiro atoms. The number of benzene rings is 1. The molecular weight excluding hydrogens is 368 g/mol. The van der Waals surface area contributed by atoms with Crippen LogP contribution in [0.2, 0.25) is 0 Å². The first-order chi connectivity index (χ1) is 12.6. The lowest BCUT2D eigenvalue weighted by Crippen LogP contribution is -2.50. The van der Waals surface area contributed by atoms with Crippen molar-refractivity contribution in [3.05, 3.63) is 29.8 Å². The number of sulfonamides is 1. The van der Waals surface area contributed by atoms with Gasteiger partial charge in [0.15, 0.2) is 0 Å². The van der Waals surface area contributed by atoms with Gasteiger partial charge in [0, 0.05) is 18.7 Å². The van der Waals surface area contributed by atoms with Gasteiger partial charge in [-0.1, -0.05) is 39.2 Å². The molecule has 1 fully saturated rings. The van der Waals surface area contributed by atoms with Crippen molar-refractivity contribution in [3.63, 3.8) is 0 Å². The van der Waals surface area contributed by atoms with Gasteiger partial charge < -0.3 is 15.2 Å². The number of carboxylic acid groups (broad SMARTS) is 1. The molecule has 0 aromatic heterocycles. The predicted octanol–water partition coefficient (Wildman–Crippen LogP) is 1.14. The van der Waals surface area contributed by atoms with Crippen molar-refractivity contribution < 1.29 is 23.1 Å². The molecule has 0 aliphatic heterocycles. The molecule has 1 amide bonds. The summed E-state index contributed by atoms with van der Waals surface area (Å²) in [6.45, 7) is 3.31. The van der Waals surface area contributed by atoms with Gasteiger partial charge >= 0.3 is 0 Å². The highest BCUT2D eigenvalue weighted by molar-refractivity contribution is 7.89. The largest absolute Gasteiger partial charge is 0.548 e. The summed E-state index contributed by atoms with van der Waals surface area (Å²) in [6, 6.07) is 4.50. The Hall–Kier alpha value is -1.93. The normalized spacial score (nSPS) is 17.1. The van der Waals surface area contributed by atoms with Crippen molar-refractivity contribution in [2.75, 3.05) is 7.05 Å². The first kappa shape index (κ1) is 21.4. The molecule has 0 bridgehead atoms. The van der Waals surface area contributed by atoms with Crippen molar-refractivity contribution in [3.8, 4) is 0 Å². The molecule has 1 aliphatic carbocycles. The summed E-state index contributed by atoms with van der Waals surface area (Å²) in [6.07, 6.45) is 4.80. The Bertz CT molecular complexity index is 785. The minimum atomic E-state index is -3.73. The van der Waals surface area contributed by atoms with Crippen LogP contribution in [0.25, 0.3) is 0 Å². The Balaban J connectivity index is 2.22. The standard InChI is InChI=1S/C19H28N2O5S/c1-13(2)17(19(23)24)20-18(22)14-8-7-11-16(12-14)27(25,26)21(3)15-9-5-4-6-10-15/h7-8,11-13,15,17H,4-6,9-10H2,1-3H3,(H,20,22)(H,23,24)/p-1/t17-/m0/s1. The molecule has 27 heavy (non-hydrogen) atoms. The van der Waals surface area contributed by atoms with Gasteiger partial charge in [0.25, 0.3) is 5.91 Å². The van der Waals surface area contributed by atoms with E-state index in [1.165, 1.54) is 28.6 Å². The molecule has 1 aliphatic rings. The van der Waals surface area contributed by atoms with Crippen molar-refractivity contribution in [1.29, 1.82) is 0 Å². The van der Waals surface area contributed by atoms with Crippen molar-refractivity contribution in [2.45, 2.75) is 62.9 Å². The highest BCUT2D eigenvalue weighted by Crippen LogP contribution is 2.26. The van der Waals surface area contributed by atoms with Crippen LogP contribution in [0.1, 0.15) is 56.3 Å². The third-order valence-electron chi connectivity index (χ3n) is 5.07. The summed E-state index contributed by atoms with van der Waals surface area (Å²) >= 11 is 0. The molecule has 2 rings (SSSR count). The van der Waals surface area contributed by atoms with Gasteiger partial charge in [-0.15, -0.1) is 0 Å². The van der Waals surface area contributed by atoms with Crippen LogP contribution in [0.4, 0.5) is 0 Å². The van der Waals surface area contributed by atoms with E-state index < -0.39 is 27.9 Å². The fourth-order valence-electron chi connectivity index (χ4n) is 3.33. The van der Waals surface area contributed by atoms with Crippen molar-refractivity contribution in [2.24, 2.45) is 5.92 Å². The lowest BCUT2D eigenvalue weighted by molar-refractivity contribution is -0.309. The van der Waals surface area contributed by atoms with Crippen molar-refractivity contribution in [1.82, 2.24) is 9.62 Å². The van der Waals surface area contributed by atoms with E-state index in [1.807, 2.05) is 0 Å². The van der Waals surface area contributed by atoms with Crippen LogP contribution in [0, 0.1) is 5.92 Å². The smallest absolute Gasteiger partial charge is 0.251 e. The van der Waals surface area contributed by atoms with E-state index >= 15 is 0 Å². The molecule has 1 saturated carbocycles. The molecule has 0 saturated heterocycles. The van der Waals surface area contributed by atoms with Crippen LogP contribution in [-0.2, 0) is 14.8 Å². The molecule has 1 atom stereocenters. The Morgan fingerprint density at radius 2 is 1.81 bits per heavy atom. The number of hydrogen-bond donors (Lipinski definition) is 1. The molecule has 1 N–H and O–H groups in total. The molecule has 7 nitrogen and oxygen atoms in total. The summed E-state index contributed by atoms with van der Waals surface area (Å²) in [5.74, 6) is -2.38. The van der Waals surface area contributed by atoms with Crippen molar-refractivity contribution >= 4 is 21.9 Å². The van der Waals surface area contributed by atoms with E-state index in [0.717, 1.165) is 32.1 Å². The van der Waals surface area contributed by atoms with Gasteiger partial charge in [0.1, 0.15) is 0 Å². The SMILES string of the molecule is CC(C)[C@H](NC(=O)c1cccc(S(=O)(=O)N(C)C2CCCCC2)c1)C(=O)[O-]. The summed E-state index contributed by atoms with van der Waals surface area (Å²) < 4.78 is 27.3. The maximum atomic E-state index is 12.9. The zero-order valence-electron chi connectivity index (χ0n) is 16.0. The van der Waals surface area contributed by atoms with Crippen LogP contribution in [0.15, 0.2) is 29.2 Å². The third-order valence-corrected chi connectivity index (χ3v) is 6.98. The van der Waals surface area contributed by atoms with Crippen LogP contribution in [0.3, 0.4) is 0 Å². The number of carbonyl (C=O) groups excluding carboxylic acids is 2. The van der Waals surface area contributed by atoms with Gasteiger partial charge in [-0.05, 0) is 37.0 Å². The lowest BCUT2D eigenvalue weighted by atomic mass is 9.96. The van der Waals surface area contributed by atoms with E-state index in [4.69, 9.17) is 0 Å². The van der Waals surface area contributed by atoms with E-state index in [9.17, 15) is 23.1 Å². The summed E-state index contributed by atoms with van der Waals surface area (Å²) in [7, 11) is -2.16. The maximum Gasteiger partial charge on any atom is 0.251 e. The second-order valence-corrected chi connectivity index (χ2v) is 9.35. The number of amides is 1. The molecular formula is C19H27N2O5S-. The zero-order chi connectivity index (χ0) is 20.2. The fourth-order valence-corrected chi connectivity index (χ4v) is 4.79. The number of rotatable bonds is 7. The molecule has 0 heterocycles. The quantitative estimate of drug-likeness (QED) is 0.745. The van der Waals surface area contributed by atoms with E-state index in [2.05, 4.69) is 5.32 Å². The second-order valence-electron chi connectivity index (χ2n) is 7.36. The first-order valence-electron chi connectivity index (χ1n) is 9.24. The molecule has 0 unspecified atom stereocenters. The zero-order valence-corrected chi connectivity index (χ0v) is 16.8. The first-order valence-corrected chi connectivity index (χ1v) is 10.7. The Kier molecular flexibility index (Phi) is 7.00. The summed E-state index contributed by atoms with van der Waals surface area (Å²) in [5, 5.41) is 13.6. The Morgan fingerprint density at radius 3 is 2.37 bits per heavy atom. The monoisotopic (exact) mass is 395 g/mol. The number of nitrogens with zero attached hydrogens (tertiary/aromatic N) is 1. The van der Waals surface area contributed by atoms with Gasteiger partial charge in [-0.25, -0.2) is 8.42 Å². The third kappa shape index (κ3) is 5.07. The number of carboxylic acids is 1. The van der Waals surface area contributed by atoms with Gasteiger partial charge in [0.05, 0.1) is 16.9 Å². The number of aliphatic carboxylic acids is 1. The van der Waals surface area contributed by atoms with E-state index in [-0.39, 0.29) is 22.4 Å². The van der Waals surface area contributed by atoms with Crippen LogP contribution < -0.4 is 10.4 Å². The van der Waals surface area contributed by atoms with Gasteiger partial charge in [-0.2, -0.15) is 4.31 Å². The molecule has 150 valence electrons. The maximum absolute atomic E-state index is 12.9. The fraction of sp³-hybridized carbons (Fsp3) is 0.579. The van der Waals surface area contributed by atoms with E-state index in [1.54, 1.807) is 20.9 Å². The second kappa shape index (κ2) is 8.84. The summed E-state index contributed by atoms with van der Waals surface area (Å²) in [4.78, 5) is 23.6. The molecule has 1 aromatic carbocycles. The topological polar surface area (TPSA) is 107 Å². The highest BCUT2D eigenvalue weighted by Gasteiger charge is 2.29. The Morgan fingerprint density at radius 1 is 1.19 bits per heavy atom.